The number of ether oxygens (including phenoxy) is 1. The summed E-state index contributed by atoms with van der Waals surface area (Å²) in [6.07, 6.45) is 1.03. The summed E-state index contributed by atoms with van der Waals surface area (Å²) in [4.78, 5) is 13.4. The van der Waals surface area contributed by atoms with E-state index in [9.17, 15) is 4.79 Å². The predicted octanol–water partition coefficient (Wildman–Crippen LogP) is 2.78. The van der Waals surface area contributed by atoms with Crippen LogP contribution in [0.4, 0.5) is 5.69 Å². The lowest BCUT2D eigenvalue weighted by Gasteiger charge is -2.19. The Hall–Kier alpha value is -1.71. The Bertz CT molecular complexity index is 442. The summed E-state index contributed by atoms with van der Waals surface area (Å²) < 4.78 is 5.83. The maximum Gasteiger partial charge on any atom is 0.253 e. The highest BCUT2D eigenvalue weighted by Crippen LogP contribution is 2.25. The fraction of sp³-hybridized carbons (Fsp3) is 0.533. The SMILES string of the molecule is CC(C)CC(C)Oc1cc(C(=O)N(C)C)ccc1N. The molecular formula is C15H24N2O2. The molecule has 1 rings (SSSR count). The topological polar surface area (TPSA) is 55.6 Å². The second-order valence-electron chi connectivity index (χ2n) is 5.51. The molecule has 0 aromatic heterocycles. The Kier molecular flexibility index (Phi) is 5.21. The zero-order valence-electron chi connectivity index (χ0n) is 12.4. The van der Waals surface area contributed by atoms with Crippen molar-refractivity contribution >= 4 is 11.6 Å². The van der Waals surface area contributed by atoms with E-state index >= 15 is 0 Å². The Morgan fingerprint density at radius 1 is 1.32 bits per heavy atom. The van der Waals surface area contributed by atoms with Crippen molar-refractivity contribution in [2.45, 2.75) is 33.3 Å². The lowest BCUT2D eigenvalue weighted by molar-refractivity contribution is 0.0826. The van der Waals surface area contributed by atoms with Crippen LogP contribution < -0.4 is 10.5 Å². The number of hydrogen-bond donors (Lipinski definition) is 1. The van der Waals surface area contributed by atoms with E-state index < -0.39 is 0 Å². The van der Waals surface area contributed by atoms with Crippen LogP contribution in [0.25, 0.3) is 0 Å². The maximum absolute atomic E-state index is 11.9. The van der Waals surface area contributed by atoms with Gasteiger partial charge in [-0.3, -0.25) is 4.79 Å². The van der Waals surface area contributed by atoms with Gasteiger partial charge in [-0.1, -0.05) is 13.8 Å². The van der Waals surface area contributed by atoms with E-state index in [2.05, 4.69) is 13.8 Å². The smallest absolute Gasteiger partial charge is 0.253 e. The average molecular weight is 264 g/mol. The molecule has 1 aromatic carbocycles. The molecule has 2 N–H and O–H groups in total. The number of nitrogens with zero attached hydrogens (tertiary/aromatic N) is 1. The lowest BCUT2D eigenvalue weighted by atomic mass is 10.1. The molecule has 4 nitrogen and oxygen atoms in total. The van der Waals surface area contributed by atoms with Crippen molar-refractivity contribution in [2.75, 3.05) is 19.8 Å². The summed E-state index contributed by atoms with van der Waals surface area (Å²) in [5.74, 6) is 1.09. The zero-order chi connectivity index (χ0) is 14.6. The highest BCUT2D eigenvalue weighted by molar-refractivity contribution is 5.94. The number of nitrogen functional groups attached to an aromatic ring is 1. The minimum Gasteiger partial charge on any atom is -0.489 e. The second-order valence-corrected chi connectivity index (χ2v) is 5.51. The van der Waals surface area contributed by atoms with Crippen LogP contribution in [0, 0.1) is 5.92 Å². The monoisotopic (exact) mass is 264 g/mol. The third-order valence-electron chi connectivity index (χ3n) is 2.80. The standard InChI is InChI=1S/C15H24N2O2/c1-10(2)8-11(3)19-14-9-12(6-7-13(14)16)15(18)17(4)5/h6-7,9-11H,8,16H2,1-5H3. The minimum absolute atomic E-state index is 0.0543. The number of amides is 1. The molecule has 1 unspecified atom stereocenters. The van der Waals surface area contributed by atoms with Crippen LogP contribution in [0.15, 0.2) is 18.2 Å². The number of benzene rings is 1. The van der Waals surface area contributed by atoms with Crippen LogP contribution in [0.1, 0.15) is 37.6 Å². The number of rotatable bonds is 5. The summed E-state index contributed by atoms with van der Waals surface area (Å²) in [6, 6.07) is 5.15. The molecule has 1 aromatic rings. The number of hydrogen-bond acceptors (Lipinski definition) is 3. The highest BCUT2D eigenvalue weighted by Gasteiger charge is 2.13. The van der Waals surface area contributed by atoms with Crippen molar-refractivity contribution in [3.8, 4) is 5.75 Å². The van der Waals surface area contributed by atoms with Crippen molar-refractivity contribution in [3.05, 3.63) is 23.8 Å². The third kappa shape index (κ3) is 4.47. The summed E-state index contributed by atoms with van der Waals surface area (Å²) in [6.45, 7) is 6.31. The third-order valence-corrected chi connectivity index (χ3v) is 2.80. The highest BCUT2D eigenvalue weighted by atomic mass is 16.5. The van der Waals surface area contributed by atoms with Gasteiger partial charge in [0.2, 0.25) is 0 Å². The molecule has 0 spiro atoms. The number of anilines is 1. The van der Waals surface area contributed by atoms with Gasteiger partial charge in [0.15, 0.2) is 0 Å². The molecule has 4 heteroatoms. The average Bonchev–Trinajstić information content (AvgIpc) is 2.29. The van der Waals surface area contributed by atoms with Crippen LogP contribution in [-0.4, -0.2) is 31.0 Å². The molecule has 0 aliphatic rings. The Labute approximate surface area is 115 Å². The van der Waals surface area contributed by atoms with E-state index in [0.29, 0.717) is 22.9 Å². The number of carbonyl (C=O) groups is 1. The molecule has 106 valence electrons. The molecular weight excluding hydrogens is 240 g/mol. The Morgan fingerprint density at radius 3 is 2.47 bits per heavy atom. The summed E-state index contributed by atoms with van der Waals surface area (Å²) in [5, 5.41) is 0. The maximum atomic E-state index is 11.9. The number of nitrogens with two attached hydrogens (primary N) is 1. The van der Waals surface area contributed by atoms with E-state index in [1.165, 1.54) is 4.90 Å². The molecule has 0 saturated carbocycles. The molecule has 0 aliphatic carbocycles. The van der Waals surface area contributed by atoms with E-state index in [4.69, 9.17) is 10.5 Å². The van der Waals surface area contributed by atoms with Gasteiger partial charge in [0.05, 0.1) is 11.8 Å². The Balaban J connectivity index is 2.88. The van der Waals surface area contributed by atoms with Gasteiger partial charge in [-0.2, -0.15) is 0 Å². The molecule has 0 bridgehead atoms. The van der Waals surface area contributed by atoms with E-state index in [1.54, 1.807) is 32.3 Å². The first-order valence-corrected chi connectivity index (χ1v) is 6.59. The lowest BCUT2D eigenvalue weighted by Crippen LogP contribution is -2.22. The first-order chi connectivity index (χ1) is 8.81. The molecule has 0 saturated heterocycles. The first kappa shape index (κ1) is 15.3. The molecule has 1 atom stereocenters. The molecule has 1 amide bonds. The molecule has 0 fully saturated rings. The van der Waals surface area contributed by atoms with Crippen LogP contribution in [0.2, 0.25) is 0 Å². The minimum atomic E-state index is -0.0543. The van der Waals surface area contributed by atoms with E-state index in [0.717, 1.165) is 6.42 Å². The van der Waals surface area contributed by atoms with Gasteiger partial charge in [0, 0.05) is 19.7 Å². The van der Waals surface area contributed by atoms with Crippen molar-refractivity contribution in [2.24, 2.45) is 5.92 Å². The van der Waals surface area contributed by atoms with Crippen molar-refractivity contribution in [3.63, 3.8) is 0 Å². The zero-order valence-corrected chi connectivity index (χ0v) is 12.4. The van der Waals surface area contributed by atoms with Crippen LogP contribution >= 0.6 is 0 Å². The van der Waals surface area contributed by atoms with E-state index in [1.807, 2.05) is 6.92 Å². The molecule has 0 aliphatic heterocycles. The van der Waals surface area contributed by atoms with Gasteiger partial charge in [0.1, 0.15) is 5.75 Å². The molecule has 19 heavy (non-hydrogen) atoms. The fourth-order valence-electron chi connectivity index (χ4n) is 1.96. The fourth-order valence-corrected chi connectivity index (χ4v) is 1.96. The van der Waals surface area contributed by atoms with Gasteiger partial charge in [-0.15, -0.1) is 0 Å². The van der Waals surface area contributed by atoms with Gasteiger partial charge in [-0.25, -0.2) is 0 Å². The summed E-state index contributed by atoms with van der Waals surface area (Å²) >= 11 is 0. The Morgan fingerprint density at radius 2 is 1.95 bits per heavy atom. The number of carbonyl (C=O) groups excluding carboxylic acids is 1. The summed E-state index contributed by atoms with van der Waals surface area (Å²) in [5.41, 5.74) is 7.04. The summed E-state index contributed by atoms with van der Waals surface area (Å²) in [7, 11) is 3.45. The van der Waals surface area contributed by atoms with Crippen molar-refractivity contribution in [1.29, 1.82) is 0 Å². The van der Waals surface area contributed by atoms with Crippen LogP contribution in [0.5, 0.6) is 5.75 Å². The van der Waals surface area contributed by atoms with Gasteiger partial charge < -0.3 is 15.4 Å². The quantitative estimate of drug-likeness (QED) is 0.832. The largest absolute Gasteiger partial charge is 0.489 e. The first-order valence-electron chi connectivity index (χ1n) is 6.59. The molecule has 0 radical (unpaired) electrons. The van der Waals surface area contributed by atoms with E-state index in [-0.39, 0.29) is 12.0 Å². The normalized spacial score (nSPS) is 12.3. The van der Waals surface area contributed by atoms with Crippen LogP contribution in [-0.2, 0) is 0 Å². The van der Waals surface area contributed by atoms with Gasteiger partial charge in [0.25, 0.3) is 5.91 Å². The van der Waals surface area contributed by atoms with Crippen LogP contribution in [0.3, 0.4) is 0 Å². The molecule has 0 heterocycles. The van der Waals surface area contributed by atoms with Gasteiger partial charge in [-0.05, 0) is 37.5 Å². The van der Waals surface area contributed by atoms with Crippen molar-refractivity contribution in [1.82, 2.24) is 4.90 Å². The van der Waals surface area contributed by atoms with Gasteiger partial charge >= 0.3 is 0 Å². The second kappa shape index (κ2) is 6.45. The van der Waals surface area contributed by atoms with Crippen molar-refractivity contribution < 1.29 is 9.53 Å². The predicted molar refractivity (Wildman–Crippen MR) is 78.4 cm³/mol.